The van der Waals surface area contributed by atoms with Crippen LogP contribution in [0.2, 0.25) is 0 Å². The number of hydrogen-bond acceptors (Lipinski definition) is 5. The number of nitrogens with one attached hydrogen (secondary N) is 3. The molecule has 0 bridgehead atoms. The van der Waals surface area contributed by atoms with Crippen molar-refractivity contribution in [3.8, 4) is 22.6 Å². The van der Waals surface area contributed by atoms with Crippen molar-refractivity contribution in [1.82, 2.24) is 15.2 Å². The van der Waals surface area contributed by atoms with Crippen LogP contribution < -0.4 is 20.1 Å². The molecule has 0 saturated heterocycles. The van der Waals surface area contributed by atoms with Gasteiger partial charge >= 0.3 is 0 Å². The van der Waals surface area contributed by atoms with Crippen LogP contribution in [0.3, 0.4) is 0 Å². The number of aromatic nitrogens is 1. The van der Waals surface area contributed by atoms with Gasteiger partial charge in [-0.15, -0.1) is 0 Å². The number of H-pyrrole nitrogens is 1. The van der Waals surface area contributed by atoms with E-state index < -0.39 is 0 Å². The van der Waals surface area contributed by atoms with E-state index in [0.29, 0.717) is 51.7 Å². The molecule has 1 aliphatic rings. The molecule has 0 saturated carbocycles. The minimum absolute atomic E-state index is 0.192. The number of nitrogens with zero attached hydrogens (tertiary/aromatic N) is 1. The summed E-state index contributed by atoms with van der Waals surface area (Å²) >= 11 is 0. The number of amides is 2. The van der Waals surface area contributed by atoms with Crippen LogP contribution in [0.1, 0.15) is 41.2 Å². The monoisotopic (exact) mass is 502 g/mol. The van der Waals surface area contributed by atoms with Gasteiger partial charge in [-0.2, -0.15) is 0 Å². The lowest BCUT2D eigenvalue weighted by molar-refractivity contribution is -0.110. The number of ether oxygens (including phenoxy) is 2. The molecular weight excluding hydrogens is 468 g/mol. The Balaban J connectivity index is 1.85. The number of rotatable bonds is 10. The molecule has 4 rings (SSSR count). The molecule has 2 amide bonds. The van der Waals surface area contributed by atoms with Crippen molar-refractivity contribution in [2.45, 2.75) is 20.8 Å². The van der Waals surface area contributed by atoms with E-state index in [1.807, 2.05) is 49.4 Å². The van der Waals surface area contributed by atoms with Gasteiger partial charge in [-0.3, -0.25) is 9.59 Å². The number of likely N-dealkylation sites (N-methyl/N-ethyl adjacent to an activating group) is 1. The van der Waals surface area contributed by atoms with E-state index in [1.54, 1.807) is 20.3 Å². The number of carbonyl (C=O) groups excluding carboxylic acids is 2. The smallest absolute Gasteiger partial charge is 0.256 e. The molecule has 0 spiro atoms. The highest BCUT2D eigenvalue weighted by Gasteiger charge is 2.28. The lowest BCUT2D eigenvalue weighted by Crippen LogP contribution is -2.35. The number of hydrogen-bond donors (Lipinski definition) is 3. The number of aromatic amines is 1. The number of methoxy groups -OCH3 is 2. The van der Waals surface area contributed by atoms with Crippen molar-refractivity contribution in [3.05, 3.63) is 65.0 Å². The van der Waals surface area contributed by atoms with Gasteiger partial charge in [0.1, 0.15) is 11.5 Å². The molecule has 0 atom stereocenters. The lowest BCUT2D eigenvalue weighted by atomic mass is 9.96. The Morgan fingerprint density at radius 3 is 2.51 bits per heavy atom. The Labute approximate surface area is 217 Å². The fraction of sp³-hybridized carbons (Fsp3) is 0.310. The van der Waals surface area contributed by atoms with Crippen molar-refractivity contribution < 1.29 is 19.1 Å². The van der Waals surface area contributed by atoms with E-state index >= 15 is 0 Å². The summed E-state index contributed by atoms with van der Waals surface area (Å²) in [7, 11) is 3.19. The SMILES string of the molecule is CCN(CC)CCNC(=O)c1c(C)[nH]c(C=C2C(=O)Nc3ccccc32)c1-c1cc(OC)ccc1OC. The third kappa shape index (κ3) is 5.24. The molecule has 0 aliphatic carbocycles. The molecule has 1 aliphatic heterocycles. The van der Waals surface area contributed by atoms with Gasteiger partial charge in [0.2, 0.25) is 0 Å². The van der Waals surface area contributed by atoms with Crippen LogP contribution in [0.4, 0.5) is 5.69 Å². The molecule has 2 heterocycles. The lowest BCUT2D eigenvalue weighted by Gasteiger charge is -2.18. The van der Waals surface area contributed by atoms with Gasteiger partial charge in [0.05, 0.1) is 25.4 Å². The zero-order valence-electron chi connectivity index (χ0n) is 22.0. The maximum absolute atomic E-state index is 13.6. The number of fused-ring (bicyclic) bond motifs is 1. The Hall–Kier alpha value is -4.04. The van der Waals surface area contributed by atoms with Gasteiger partial charge in [-0.1, -0.05) is 32.0 Å². The van der Waals surface area contributed by atoms with E-state index in [4.69, 9.17) is 9.47 Å². The van der Waals surface area contributed by atoms with Gasteiger partial charge < -0.3 is 30.0 Å². The third-order valence-corrected chi connectivity index (χ3v) is 6.73. The van der Waals surface area contributed by atoms with Gasteiger partial charge in [-0.05, 0) is 50.4 Å². The van der Waals surface area contributed by atoms with Crippen molar-refractivity contribution >= 4 is 29.2 Å². The first-order valence-electron chi connectivity index (χ1n) is 12.5. The maximum Gasteiger partial charge on any atom is 0.256 e. The highest BCUT2D eigenvalue weighted by atomic mass is 16.5. The average Bonchev–Trinajstić information content (AvgIpc) is 3.41. The maximum atomic E-state index is 13.6. The minimum Gasteiger partial charge on any atom is -0.497 e. The predicted octanol–water partition coefficient (Wildman–Crippen LogP) is 4.57. The fourth-order valence-electron chi connectivity index (χ4n) is 4.71. The summed E-state index contributed by atoms with van der Waals surface area (Å²) in [6.07, 6.45) is 1.80. The van der Waals surface area contributed by atoms with Crippen molar-refractivity contribution in [1.29, 1.82) is 0 Å². The molecule has 3 N–H and O–H groups in total. The van der Waals surface area contributed by atoms with Crippen LogP contribution in [0.5, 0.6) is 11.5 Å². The fourth-order valence-corrected chi connectivity index (χ4v) is 4.71. The highest BCUT2D eigenvalue weighted by molar-refractivity contribution is 6.35. The summed E-state index contributed by atoms with van der Waals surface area (Å²) in [5, 5.41) is 5.99. The normalized spacial score (nSPS) is 13.6. The van der Waals surface area contributed by atoms with Gasteiger partial charge in [0.25, 0.3) is 11.8 Å². The van der Waals surface area contributed by atoms with Crippen LogP contribution in [0.15, 0.2) is 42.5 Å². The van der Waals surface area contributed by atoms with Crippen LogP contribution in [-0.4, -0.2) is 62.1 Å². The molecule has 0 fully saturated rings. The third-order valence-electron chi connectivity index (χ3n) is 6.73. The average molecular weight is 503 g/mol. The Bertz CT molecular complexity index is 1340. The first-order chi connectivity index (χ1) is 17.9. The van der Waals surface area contributed by atoms with Crippen molar-refractivity contribution in [3.63, 3.8) is 0 Å². The zero-order chi connectivity index (χ0) is 26.5. The van der Waals surface area contributed by atoms with E-state index in [2.05, 4.69) is 34.4 Å². The number of anilines is 1. The molecule has 37 heavy (non-hydrogen) atoms. The Morgan fingerprint density at radius 2 is 1.81 bits per heavy atom. The summed E-state index contributed by atoms with van der Waals surface area (Å²) in [6, 6.07) is 13.0. The Morgan fingerprint density at radius 1 is 1.05 bits per heavy atom. The number of benzene rings is 2. The van der Waals surface area contributed by atoms with E-state index in [-0.39, 0.29) is 11.8 Å². The Kier molecular flexibility index (Phi) is 7.98. The van der Waals surface area contributed by atoms with E-state index in [1.165, 1.54) is 0 Å². The van der Waals surface area contributed by atoms with Crippen molar-refractivity contribution in [2.75, 3.05) is 45.7 Å². The zero-order valence-corrected chi connectivity index (χ0v) is 22.0. The second-order valence-corrected chi connectivity index (χ2v) is 8.82. The number of para-hydroxylation sites is 1. The summed E-state index contributed by atoms with van der Waals surface area (Å²) in [5.74, 6) is 0.835. The first kappa shape index (κ1) is 26.0. The van der Waals surface area contributed by atoms with E-state index in [0.717, 1.165) is 30.9 Å². The van der Waals surface area contributed by atoms with Gasteiger partial charge in [-0.25, -0.2) is 0 Å². The molecule has 0 radical (unpaired) electrons. The standard InChI is InChI=1S/C29H34N4O4/c1-6-33(7-2)15-14-30-29(35)26-18(3)31-24(17-21-20-10-8-9-11-23(20)32-28(21)34)27(26)22-16-19(36-4)12-13-25(22)37-5/h8-13,16-17,31H,6-7,14-15H2,1-5H3,(H,30,35)(H,32,34). The van der Waals surface area contributed by atoms with Gasteiger partial charge in [0.15, 0.2) is 0 Å². The van der Waals surface area contributed by atoms with Crippen LogP contribution in [-0.2, 0) is 4.79 Å². The topological polar surface area (TPSA) is 95.7 Å². The molecule has 8 nitrogen and oxygen atoms in total. The number of aryl methyl sites for hydroxylation is 1. The quantitative estimate of drug-likeness (QED) is 0.353. The molecule has 194 valence electrons. The summed E-state index contributed by atoms with van der Waals surface area (Å²) < 4.78 is 11.2. The summed E-state index contributed by atoms with van der Waals surface area (Å²) in [6.45, 7) is 9.18. The second kappa shape index (κ2) is 11.3. The second-order valence-electron chi connectivity index (χ2n) is 8.82. The summed E-state index contributed by atoms with van der Waals surface area (Å²) in [5.41, 5.74) is 5.28. The van der Waals surface area contributed by atoms with Gasteiger partial charge in [0, 0.05) is 46.9 Å². The van der Waals surface area contributed by atoms with Crippen LogP contribution in [0, 0.1) is 6.92 Å². The molecule has 0 unspecified atom stereocenters. The molecule has 2 aromatic carbocycles. The molecule has 3 aromatic rings. The number of carbonyl (C=O) groups is 2. The molecular formula is C29H34N4O4. The minimum atomic E-state index is -0.193. The van der Waals surface area contributed by atoms with E-state index in [9.17, 15) is 9.59 Å². The van der Waals surface area contributed by atoms with Crippen LogP contribution in [0.25, 0.3) is 22.8 Å². The van der Waals surface area contributed by atoms with Crippen molar-refractivity contribution in [2.24, 2.45) is 0 Å². The van der Waals surface area contributed by atoms with Crippen LogP contribution >= 0.6 is 0 Å². The highest BCUT2D eigenvalue weighted by Crippen LogP contribution is 2.41. The molecule has 1 aromatic heterocycles. The molecule has 8 heteroatoms. The first-order valence-corrected chi connectivity index (χ1v) is 12.5. The summed E-state index contributed by atoms with van der Waals surface area (Å²) in [4.78, 5) is 32.0. The predicted molar refractivity (Wildman–Crippen MR) is 147 cm³/mol. The largest absolute Gasteiger partial charge is 0.497 e.